The van der Waals surface area contributed by atoms with Crippen LogP contribution >= 0.6 is 0 Å². The van der Waals surface area contributed by atoms with Gasteiger partial charge >= 0.3 is 6.03 Å². The van der Waals surface area contributed by atoms with Gasteiger partial charge in [-0.05, 0) is 35.4 Å². The first kappa shape index (κ1) is 19.4. The molecule has 0 unspecified atom stereocenters. The van der Waals surface area contributed by atoms with Crippen LogP contribution in [0, 0.1) is 5.82 Å². The predicted molar refractivity (Wildman–Crippen MR) is 111 cm³/mol. The molecule has 6 heteroatoms. The molecule has 1 aliphatic heterocycles. The zero-order valence-corrected chi connectivity index (χ0v) is 16.0. The number of carbonyl (C=O) groups excluding carboxylic acids is 2. The van der Waals surface area contributed by atoms with Gasteiger partial charge in [0.15, 0.2) is 0 Å². The topological polar surface area (TPSA) is 58.6 Å². The Balaban J connectivity index is 1.51. The molecule has 0 aromatic heterocycles. The summed E-state index contributed by atoms with van der Waals surface area (Å²) in [5.74, 6) is -0.144. The number of urea groups is 1. The van der Waals surface area contributed by atoms with E-state index in [2.05, 4.69) is 5.32 Å². The number of carbonyl (C=O) groups is 2. The van der Waals surface area contributed by atoms with E-state index in [0.29, 0.717) is 11.3 Å². The summed E-state index contributed by atoms with van der Waals surface area (Å²) in [5, 5.41) is 2.63. The number of benzene rings is 3. The van der Waals surface area contributed by atoms with Crippen LogP contribution in [0.3, 0.4) is 0 Å². The number of hydrogen-bond donors (Lipinski definition) is 1. The molecule has 1 saturated heterocycles. The molecule has 0 spiro atoms. The van der Waals surface area contributed by atoms with Gasteiger partial charge in [0.2, 0.25) is 0 Å². The van der Waals surface area contributed by atoms with Crippen LogP contribution < -0.4 is 10.1 Å². The molecular formula is C24H19FN2O3. The summed E-state index contributed by atoms with van der Waals surface area (Å²) in [6, 6.07) is 22.1. The molecule has 5 nitrogen and oxygen atoms in total. The third-order valence-electron chi connectivity index (χ3n) is 4.67. The third kappa shape index (κ3) is 4.38. The molecule has 3 aromatic carbocycles. The molecule has 0 radical (unpaired) electrons. The molecule has 3 amide bonds. The van der Waals surface area contributed by atoms with Gasteiger partial charge in [0.1, 0.15) is 23.9 Å². The molecular weight excluding hydrogens is 383 g/mol. The number of nitrogens with zero attached hydrogens (tertiary/aromatic N) is 1. The lowest BCUT2D eigenvalue weighted by Crippen LogP contribution is -2.30. The number of nitrogens with one attached hydrogen (secondary N) is 1. The Morgan fingerprint density at radius 2 is 1.57 bits per heavy atom. The van der Waals surface area contributed by atoms with Crippen LogP contribution in [0.4, 0.5) is 9.18 Å². The van der Waals surface area contributed by atoms with Crippen molar-refractivity contribution in [3.63, 3.8) is 0 Å². The monoisotopic (exact) mass is 402 g/mol. The standard InChI is InChI=1S/C24H19FN2O3/c25-20-12-10-18(11-13-20)16-30-22-9-5-4-8-19(22)14-21-23(28)27(24(29)26-21)15-17-6-2-1-3-7-17/h1-14H,15-16H2,(H,26,29)/b21-14-. The van der Waals surface area contributed by atoms with E-state index in [4.69, 9.17) is 4.74 Å². The van der Waals surface area contributed by atoms with Crippen LogP contribution in [0.15, 0.2) is 84.6 Å². The summed E-state index contributed by atoms with van der Waals surface area (Å²) in [6.45, 7) is 0.451. The van der Waals surface area contributed by atoms with Crippen molar-refractivity contribution < 1.29 is 18.7 Å². The number of imide groups is 1. The van der Waals surface area contributed by atoms with E-state index in [1.54, 1.807) is 30.3 Å². The fourth-order valence-electron chi connectivity index (χ4n) is 3.11. The molecule has 150 valence electrons. The molecule has 0 atom stereocenters. The quantitative estimate of drug-likeness (QED) is 0.488. The van der Waals surface area contributed by atoms with E-state index in [9.17, 15) is 14.0 Å². The summed E-state index contributed by atoms with van der Waals surface area (Å²) >= 11 is 0. The van der Waals surface area contributed by atoms with E-state index in [1.165, 1.54) is 17.0 Å². The van der Waals surface area contributed by atoms with E-state index >= 15 is 0 Å². The molecule has 0 bridgehead atoms. The number of halogens is 1. The number of rotatable bonds is 6. The molecule has 0 saturated carbocycles. The average molecular weight is 402 g/mol. The van der Waals surface area contributed by atoms with Crippen LogP contribution in [0.5, 0.6) is 5.75 Å². The second-order valence-electron chi connectivity index (χ2n) is 6.82. The van der Waals surface area contributed by atoms with Crippen molar-refractivity contribution in [2.45, 2.75) is 13.2 Å². The molecule has 0 aliphatic carbocycles. The second-order valence-corrected chi connectivity index (χ2v) is 6.82. The van der Waals surface area contributed by atoms with Gasteiger partial charge in [0.25, 0.3) is 5.91 Å². The summed E-state index contributed by atoms with van der Waals surface area (Å²) in [6.07, 6.45) is 1.60. The van der Waals surface area contributed by atoms with Crippen LogP contribution in [0.2, 0.25) is 0 Å². The fourth-order valence-corrected chi connectivity index (χ4v) is 3.11. The maximum atomic E-state index is 13.1. The van der Waals surface area contributed by atoms with Gasteiger partial charge in [-0.1, -0.05) is 60.7 Å². The SMILES string of the molecule is O=C1N/C(=C\c2ccccc2OCc2ccc(F)cc2)C(=O)N1Cc1ccccc1. The highest BCUT2D eigenvalue weighted by Gasteiger charge is 2.33. The molecule has 30 heavy (non-hydrogen) atoms. The average Bonchev–Trinajstić information content (AvgIpc) is 3.02. The van der Waals surface area contributed by atoms with Crippen molar-refractivity contribution in [1.82, 2.24) is 10.2 Å². The maximum absolute atomic E-state index is 13.1. The second kappa shape index (κ2) is 8.61. The molecule has 1 fully saturated rings. The smallest absolute Gasteiger partial charge is 0.329 e. The van der Waals surface area contributed by atoms with Crippen LogP contribution in [0.1, 0.15) is 16.7 Å². The van der Waals surface area contributed by atoms with Gasteiger partial charge in [-0.2, -0.15) is 0 Å². The zero-order valence-electron chi connectivity index (χ0n) is 16.0. The van der Waals surface area contributed by atoms with Gasteiger partial charge < -0.3 is 10.1 Å². The van der Waals surface area contributed by atoms with Gasteiger partial charge in [-0.25, -0.2) is 9.18 Å². The van der Waals surface area contributed by atoms with Gasteiger partial charge in [-0.15, -0.1) is 0 Å². The number of ether oxygens (including phenoxy) is 1. The minimum Gasteiger partial charge on any atom is -0.488 e. The molecule has 1 heterocycles. The maximum Gasteiger partial charge on any atom is 0.329 e. The Bertz CT molecular complexity index is 1090. The molecule has 3 aromatic rings. The summed E-state index contributed by atoms with van der Waals surface area (Å²) in [5.41, 5.74) is 2.53. The Morgan fingerprint density at radius 1 is 0.867 bits per heavy atom. The van der Waals surface area contributed by atoms with Crippen molar-refractivity contribution in [3.05, 3.63) is 107 Å². The fraction of sp³-hybridized carbons (Fsp3) is 0.0833. The Morgan fingerprint density at radius 3 is 2.33 bits per heavy atom. The number of hydrogen-bond acceptors (Lipinski definition) is 3. The van der Waals surface area contributed by atoms with Crippen molar-refractivity contribution in [2.75, 3.05) is 0 Å². The minimum atomic E-state index is -0.459. The summed E-state index contributed by atoms with van der Waals surface area (Å²) in [7, 11) is 0. The van der Waals surface area contributed by atoms with Crippen molar-refractivity contribution in [3.8, 4) is 5.75 Å². The Labute approximate surface area is 173 Å². The Kier molecular flexibility index (Phi) is 5.57. The molecule has 1 N–H and O–H groups in total. The van der Waals surface area contributed by atoms with E-state index in [-0.39, 0.29) is 24.7 Å². The third-order valence-corrected chi connectivity index (χ3v) is 4.67. The largest absolute Gasteiger partial charge is 0.488 e. The van der Waals surface area contributed by atoms with Crippen LogP contribution in [0.25, 0.3) is 6.08 Å². The van der Waals surface area contributed by atoms with Gasteiger partial charge in [0, 0.05) is 5.56 Å². The predicted octanol–water partition coefficient (Wildman–Crippen LogP) is 4.50. The number of para-hydroxylation sites is 1. The lowest BCUT2D eigenvalue weighted by Gasteiger charge is -2.11. The first-order valence-electron chi connectivity index (χ1n) is 9.45. The van der Waals surface area contributed by atoms with Crippen molar-refractivity contribution >= 4 is 18.0 Å². The van der Waals surface area contributed by atoms with E-state index in [0.717, 1.165) is 11.1 Å². The van der Waals surface area contributed by atoms with E-state index in [1.807, 2.05) is 42.5 Å². The normalized spacial score (nSPS) is 14.8. The van der Waals surface area contributed by atoms with Crippen LogP contribution in [-0.2, 0) is 17.9 Å². The number of amides is 3. The zero-order chi connectivity index (χ0) is 20.9. The highest BCUT2D eigenvalue weighted by molar-refractivity contribution is 6.14. The van der Waals surface area contributed by atoms with E-state index < -0.39 is 11.9 Å². The first-order chi connectivity index (χ1) is 14.6. The minimum absolute atomic E-state index is 0.189. The van der Waals surface area contributed by atoms with Crippen molar-refractivity contribution in [1.29, 1.82) is 0 Å². The lowest BCUT2D eigenvalue weighted by atomic mass is 10.1. The highest BCUT2D eigenvalue weighted by Crippen LogP contribution is 2.24. The molecule has 4 rings (SSSR count). The lowest BCUT2D eigenvalue weighted by molar-refractivity contribution is -0.123. The van der Waals surface area contributed by atoms with Gasteiger partial charge in [0.05, 0.1) is 6.54 Å². The summed E-state index contributed by atoms with van der Waals surface area (Å²) in [4.78, 5) is 26.2. The van der Waals surface area contributed by atoms with Gasteiger partial charge in [-0.3, -0.25) is 9.69 Å². The first-order valence-corrected chi connectivity index (χ1v) is 9.45. The highest BCUT2D eigenvalue weighted by atomic mass is 19.1. The molecule has 1 aliphatic rings. The summed E-state index contributed by atoms with van der Waals surface area (Å²) < 4.78 is 18.9. The Hall–Kier alpha value is -3.93. The van der Waals surface area contributed by atoms with Crippen molar-refractivity contribution in [2.24, 2.45) is 0 Å². The van der Waals surface area contributed by atoms with Crippen LogP contribution in [-0.4, -0.2) is 16.8 Å².